The third-order valence-corrected chi connectivity index (χ3v) is 19.1. The molecule has 0 bridgehead atoms. The van der Waals surface area contributed by atoms with Crippen LogP contribution in [0.15, 0.2) is 35.5 Å². The number of aliphatic carboxylic acids is 1. The summed E-state index contributed by atoms with van der Waals surface area (Å²) in [5.41, 5.74) is 5.85. The molecule has 7 aliphatic rings. The fourth-order valence-corrected chi connectivity index (χ4v) is 16.1. The van der Waals surface area contributed by atoms with Crippen molar-refractivity contribution in [3.63, 3.8) is 0 Å². The molecule has 0 aromatic rings. The van der Waals surface area contributed by atoms with E-state index in [0.29, 0.717) is 59.1 Å². The Morgan fingerprint density at radius 2 is 1.65 bits per heavy atom. The second-order valence-electron chi connectivity index (χ2n) is 19.7. The fraction of sp³-hybridized carbons (Fsp3) is 0.837. The monoisotopic (exact) mass is 693 g/mol. The molecule has 1 unspecified atom stereocenters. The molecule has 6 aliphatic carbocycles. The van der Waals surface area contributed by atoms with Crippen molar-refractivity contribution >= 4 is 15.8 Å². The molecule has 4 saturated carbocycles. The molecule has 6 heteroatoms. The molecule has 5 fully saturated rings. The Bertz CT molecular complexity index is 1510. The normalized spacial score (nSPS) is 45.9. The van der Waals surface area contributed by atoms with E-state index in [1.807, 2.05) is 0 Å². The second kappa shape index (κ2) is 12.3. The molecule has 0 spiro atoms. The zero-order valence-electron chi connectivity index (χ0n) is 31.8. The average molecular weight is 694 g/mol. The van der Waals surface area contributed by atoms with Crippen LogP contribution in [0.25, 0.3) is 0 Å². The van der Waals surface area contributed by atoms with Gasteiger partial charge in [0.15, 0.2) is 9.84 Å². The molecule has 1 heterocycles. The van der Waals surface area contributed by atoms with Gasteiger partial charge in [-0.2, -0.15) is 0 Å². The van der Waals surface area contributed by atoms with Crippen LogP contribution in [0.2, 0.25) is 0 Å². The molecular weight excluding hydrogens is 627 g/mol. The minimum absolute atomic E-state index is 0.102. The van der Waals surface area contributed by atoms with Crippen LogP contribution in [0.5, 0.6) is 0 Å². The largest absolute Gasteiger partial charge is 0.481 e. The third kappa shape index (κ3) is 5.60. The van der Waals surface area contributed by atoms with Gasteiger partial charge < -0.3 is 10.0 Å². The first-order chi connectivity index (χ1) is 23.0. The van der Waals surface area contributed by atoms with E-state index in [2.05, 4.69) is 65.2 Å². The van der Waals surface area contributed by atoms with E-state index in [-0.39, 0.29) is 16.7 Å². The third-order valence-electron chi connectivity index (χ3n) is 17.5. The highest BCUT2D eigenvalue weighted by molar-refractivity contribution is 7.91. The van der Waals surface area contributed by atoms with Crippen LogP contribution in [-0.2, 0) is 14.6 Å². The number of nitrogens with zero attached hydrogens (tertiary/aromatic N) is 1. The summed E-state index contributed by atoms with van der Waals surface area (Å²) in [5, 5.41) is 9.60. The standard InChI is InChI=1S/C43H67NO4S/c1-29(2)32-15-21-43(18-8-24-44-25-27-49(47,48)28-26-44)23-22-41(6)34(37(32)43)13-14-36-40(5)19-16-33(30-9-11-31(12-10-30)38(45)46)39(3,4)35(40)17-20-42(36,41)7/h9,16,31-32,34-37H,1,8,10-15,17-28H2,2-7H3,(H,45,46)/t31-,32+,34-,35+,36-,37-,40+,41-,42-,43?/m1/s1. The van der Waals surface area contributed by atoms with Gasteiger partial charge in [-0.05, 0) is 171 Å². The van der Waals surface area contributed by atoms with Crippen molar-refractivity contribution in [2.45, 2.75) is 131 Å². The van der Waals surface area contributed by atoms with Crippen molar-refractivity contribution in [1.29, 1.82) is 0 Å². The smallest absolute Gasteiger partial charge is 0.306 e. The summed E-state index contributed by atoms with van der Waals surface area (Å²) in [7, 11) is -2.84. The van der Waals surface area contributed by atoms with Crippen LogP contribution in [-0.4, -0.2) is 55.5 Å². The zero-order chi connectivity index (χ0) is 35.2. The Morgan fingerprint density at radius 3 is 2.31 bits per heavy atom. The van der Waals surface area contributed by atoms with E-state index < -0.39 is 15.8 Å². The Balaban J connectivity index is 1.13. The van der Waals surface area contributed by atoms with Gasteiger partial charge in [0, 0.05) is 13.1 Å². The molecule has 0 radical (unpaired) electrons. The number of rotatable bonds is 7. The minimum Gasteiger partial charge on any atom is -0.481 e. The quantitative estimate of drug-likeness (QED) is 0.269. The van der Waals surface area contributed by atoms with Gasteiger partial charge in [0.2, 0.25) is 0 Å². The van der Waals surface area contributed by atoms with E-state index in [9.17, 15) is 18.3 Å². The predicted octanol–water partition coefficient (Wildman–Crippen LogP) is 9.50. The lowest BCUT2D eigenvalue weighted by Gasteiger charge is -2.72. The van der Waals surface area contributed by atoms with Gasteiger partial charge in [-0.3, -0.25) is 4.79 Å². The maximum atomic E-state index is 12.0. The van der Waals surface area contributed by atoms with Gasteiger partial charge in [-0.25, -0.2) is 8.42 Å². The highest BCUT2D eigenvalue weighted by Gasteiger charge is 2.70. The lowest BCUT2D eigenvalue weighted by Crippen LogP contribution is -2.65. The van der Waals surface area contributed by atoms with Gasteiger partial charge in [-0.1, -0.05) is 58.9 Å². The van der Waals surface area contributed by atoms with Crippen LogP contribution in [0.1, 0.15) is 131 Å². The Labute approximate surface area is 298 Å². The lowest BCUT2D eigenvalue weighted by atomic mass is 9.32. The number of carboxylic acids is 1. The zero-order valence-corrected chi connectivity index (χ0v) is 32.6. The number of hydrogen-bond donors (Lipinski definition) is 1. The molecule has 1 saturated heterocycles. The van der Waals surface area contributed by atoms with Gasteiger partial charge in [-0.15, -0.1) is 0 Å². The van der Waals surface area contributed by atoms with E-state index in [1.54, 1.807) is 0 Å². The SMILES string of the molecule is C=C(C)[C@@H]1CCC2(CCCN3CCS(=O)(=O)CC3)CC[C@]3(C)[C@H](CC[C@@H]4[C@@]5(C)CC=C(C6=CC[C@@H](C(=O)O)CC6)C(C)(C)[C@@H]5CC[C@]43C)[C@@H]12. The van der Waals surface area contributed by atoms with Crippen molar-refractivity contribution in [2.24, 2.45) is 62.6 Å². The predicted molar refractivity (Wildman–Crippen MR) is 200 cm³/mol. The van der Waals surface area contributed by atoms with Crippen molar-refractivity contribution in [2.75, 3.05) is 31.1 Å². The summed E-state index contributed by atoms with van der Waals surface area (Å²) in [6.45, 7) is 22.6. The summed E-state index contributed by atoms with van der Waals surface area (Å²) < 4.78 is 24.1. The van der Waals surface area contributed by atoms with E-state index >= 15 is 0 Å². The molecule has 49 heavy (non-hydrogen) atoms. The number of allylic oxidation sites excluding steroid dienone is 5. The average Bonchev–Trinajstić information content (AvgIpc) is 3.42. The van der Waals surface area contributed by atoms with Gasteiger partial charge in [0.1, 0.15) is 0 Å². The van der Waals surface area contributed by atoms with Gasteiger partial charge in [0.25, 0.3) is 0 Å². The Kier molecular flexibility index (Phi) is 9.06. The number of sulfone groups is 1. The first kappa shape index (κ1) is 36.0. The van der Waals surface area contributed by atoms with Crippen molar-refractivity contribution in [3.05, 3.63) is 35.5 Å². The second-order valence-corrected chi connectivity index (χ2v) is 22.0. The maximum Gasteiger partial charge on any atom is 0.306 e. The summed E-state index contributed by atoms with van der Waals surface area (Å²) in [6.07, 6.45) is 21.6. The van der Waals surface area contributed by atoms with Gasteiger partial charge in [0.05, 0.1) is 17.4 Å². The molecule has 1 aliphatic heterocycles. The van der Waals surface area contributed by atoms with Crippen LogP contribution >= 0.6 is 0 Å². The topological polar surface area (TPSA) is 74.7 Å². The fourth-order valence-electron chi connectivity index (χ4n) is 14.8. The highest BCUT2D eigenvalue weighted by atomic mass is 32.2. The van der Waals surface area contributed by atoms with Crippen molar-refractivity contribution in [3.8, 4) is 0 Å². The Morgan fingerprint density at radius 1 is 0.918 bits per heavy atom. The number of carboxylic acid groups (broad SMARTS) is 1. The molecule has 0 aromatic carbocycles. The highest BCUT2D eigenvalue weighted by Crippen LogP contribution is 2.78. The molecule has 274 valence electrons. The summed E-state index contributed by atoms with van der Waals surface area (Å²) >= 11 is 0. The molecule has 0 amide bonds. The maximum absolute atomic E-state index is 12.0. The molecule has 10 atom stereocenters. The summed E-state index contributed by atoms with van der Waals surface area (Å²) in [6, 6.07) is 0. The first-order valence-corrected chi connectivity index (χ1v) is 22.0. The molecule has 1 N–H and O–H groups in total. The van der Waals surface area contributed by atoms with Gasteiger partial charge >= 0.3 is 5.97 Å². The number of carbonyl (C=O) groups is 1. The van der Waals surface area contributed by atoms with Crippen molar-refractivity contribution in [1.82, 2.24) is 4.90 Å². The van der Waals surface area contributed by atoms with Crippen LogP contribution < -0.4 is 0 Å². The molecular formula is C43H67NO4S. The van der Waals surface area contributed by atoms with Crippen LogP contribution in [0.4, 0.5) is 0 Å². The Hall–Kier alpha value is -1.40. The van der Waals surface area contributed by atoms with Crippen LogP contribution in [0.3, 0.4) is 0 Å². The van der Waals surface area contributed by atoms with E-state index in [1.165, 1.54) is 80.9 Å². The molecule has 7 rings (SSSR count). The van der Waals surface area contributed by atoms with E-state index in [0.717, 1.165) is 43.6 Å². The molecule has 5 nitrogen and oxygen atoms in total. The minimum atomic E-state index is -2.84. The van der Waals surface area contributed by atoms with E-state index in [4.69, 9.17) is 0 Å². The summed E-state index contributed by atoms with van der Waals surface area (Å²) in [4.78, 5) is 14.1. The molecule has 0 aromatic heterocycles. The summed E-state index contributed by atoms with van der Waals surface area (Å²) in [5.74, 6) is 3.30. The number of hydrogen-bond acceptors (Lipinski definition) is 4. The van der Waals surface area contributed by atoms with Crippen LogP contribution in [0, 0.1) is 62.6 Å². The first-order valence-electron chi connectivity index (χ1n) is 20.2. The lowest BCUT2D eigenvalue weighted by molar-refractivity contribution is -0.227. The number of fused-ring (bicyclic) bond motifs is 7. The van der Waals surface area contributed by atoms with Crippen molar-refractivity contribution < 1.29 is 18.3 Å².